The highest BCUT2D eigenvalue weighted by atomic mass is 19.1. The summed E-state index contributed by atoms with van der Waals surface area (Å²) in [7, 11) is 0. The predicted octanol–water partition coefficient (Wildman–Crippen LogP) is 4.66. The van der Waals surface area contributed by atoms with E-state index >= 15 is 0 Å². The van der Waals surface area contributed by atoms with Crippen molar-refractivity contribution in [3.05, 3.63) is 65.5 Å². The van der Waals surface area contributed by atoms with Gasteiger partial charge in [0.05, 0.1) is 11.2 Å². The van der Waals surface area contributed by atoms with Crippen molar-refractivity contribution >= 4 is 10.9 Å². The summed E-state index contributed by atoms with van der Waals surface area (Å²) < 4.78 is 13.2. The molecule has 3 rings (SSSR count). The second-order valence-electron chi connectivity index (χ2n) is 4.83. The Hall–Kier alpha value is -2.22. The van der Waals surface area contributed by atoms with Gasteiger partial charge in [0.1, 0.15) is 5.82 Å². The average molecular weight is 251 g/mol. The molecule has 0 bridgehead atoms. The zero-order valence-corrected chi connectivity index (χ0v) is 10.9. The lowest BCUT2D eigenvalue weighted by atomic mass is 10.0. The minimum atomic E-state index is -0.253. The summed E-state index contributed by atoms with van der Waals surface area (Å²) >= 11 is 0. The molecule has 1 nitrogen and oxygen atoms in total. The second-order valence-corrected chi connectivity index (χ2v) is 4.83. The van der Waals surface area contributed by atoms with Crippen LogP contribution in [0.4, 0.5) is 4.39 Å². The third kappa shape index (κ3) is 2.22. The summed E-state index contributed by atoms with van der Waals surface area (Å²) in [6.07, 6.45) is 0. The van der Waals surface area contributed by atoms with Crippen LogP contribution in [-0.4, -0.2) is 4.98 Å². The Morgan fingerprint density at radius 1 is 0.842 bits per heavy atom. The highest BCUT2D eigenvalue weighted by Crippen LogP contribution is 2.23. The summed E-state index contributed by atoms with van der Waals surface area (Å²) in [6.45, 7) is 4.17. The van der Waals surface area contributed by atoms with Crippen molar-refractivity contribution in [2.45, 2.75) is 13.8 Å². The fourth-order valence-corrected chi connectivity index (χ4v) is 2.15. The molecule has 1 heterocycles. The van der Waals surface area contributed by atoms with Gasteiger partial charge in [0, 0.05) is 17.0 Å². The smallest absolute Gasteiger partial charge is 0.125 e. The Kier molecular flexibility index (Phi) is 2.79. The molecular weight excluding hydrogens is 237 g/mol. The molecule has 94 valence electrons. The predicted molar refractivity (Wildman–Crippen MR) is 76.6 cm³/mol. The maximum absolute atomic E-state index is 13.2. The third-order valence-electron chi connectivity index (χ3n) is 3.46. The summed E-state index contributed by atoms with van der Waals surface area (Å²) in [6, 6.07) is 14.9. The molecule has 0 fully saturated rings. The van der Waals surface area contributed by atoms with Crippen LogP contribution in [0.1, 0.15) is 11.1 Å². The first-order valence-electron chi connectivity index (χ1n) is 6.27. The summed E-state index contributed by atoms with van der Waals surface area (Å²) in [4.78, 5) is 4.54. The second kappa shape index (κ2) is 4.47. The standard InChI is InChI=1S/C17H14FN/c1-11-3-4-14(9-12(11)2)16-8-6-13-5-7-15(18)10-17(13)19-16/h3-10H,1-2H3. The molecule has 19 heavy (non-hydrogen) atoms. The number of nitrogens with zero attached hydrogens (tertiary/aromatic N) is 1. The fraction of sp³-hybridized carbons (Fsp3) is 0.118. The molecule has 0 N–H and O–H groups in total. The Morgan fingerprint density at radius 3 is 2.42 bits per heavy atom. The zero-order valence-electron chi connectivity index (χ0n) is 10.9. The van der Waals surface area contributed by atoms with E-state index in [1.807, 2.05) is 12.1 Å². The van der Waals surface area contributed by atoms with Gasteiger partial charge in [0.15, 0.2) is 0 Å². The monoisotopic (exact) mass is 251 g/mol. The van der Waals surface area contributed by atoms with Crippen molar-refractivity contribution in [1.29, 1.82) is 0 Å². The number of halogens is 1. The van der Waals surface area contributed by atoms with E-state index in [0.29, 0.717) is 5.52 Å². The van der Waals surface area contributed by atoms with Crippen LogP contribution < -0.4 is 0 Å². The third-order valence-corrected chi connectivity index (χ3v) is 3.46. The average Bonchev–Trinajstić information content (AvgIpc) is 2.41. The molecule has 3 aromatic rings. The number of pyridine rings is 1. The van der Waals surface area contributed by atoms with Crippen LogP contribution in [0.2, 0.25) is 0 Å². The molecule has 2 aromatic carbocycles. The van der Waals surface area contributed by atoms with Crippen LogP contribution in [0.5, 0.6) is 0 Å². The van der Waals surface area contributed by atoms with E-state index in [2.05, 4.69) is 37.0 Å². The first kappa shape index (κ1) is 11.8. The van der Waals surface area contributed by atoms with Crippen molar-refractivity contribution in [2.24, 2.45) is 0 Å². The lowest BCUT2D eigenvalue weighted by molar-refractivity contribution is 0.629. The number of hydrogen-bond donors (Lipinski definition) is 0. The molecule has 0 unspecified atom stereocenters. The lowest BCUT2D eigenvalue weighted by Crippen LogP contribution is -1.88. The summed E-state index contributed by atoms with van der Waals surface area (Å²) in [5, 5.41) is 0.953. The van der Waals surface area contributed by atoms with Gasteiger partial charge in [-0.25, -0.2) is 9.37 Å². The van der Waals surface area contributed by atoms with Crippen molar-refractivity contribution in [1.82, 2.24) is 4.98 Å². The topological polar surface area (TPSA) is 12.9 Å². The molecule has 0 amide bonds. The van der Waals surface area contributed by atoms with Crippen molar-refractivity contribution in [3.8, 4) is 11.3 Å². The van der Waals surface area contributed by atoms with Gasteiger partial charge in [-0.3, -0.25) is 0 Å². The zero-order chi connectivity index (χ0) is 13.4. The largest absolute Gasteiger partial charge is 0.248 e. The van der Waals surface area contributed by atoms with E-state index in [-0.39, 0.29) is 5.82 Å². The molecule has 0 saturated heterocycles. The van der Waals surface area contributed by atoms with E-state index in [9.17, 15) is 4.39 Å². The van der Waals surface area contributed by atoms with Gasteiger partial charge in [-0.05, 0) is 49.2 Å². The Labute approximate surface area is 111 Å². The van der Waals surface area contributed by atoms with E-state index < -0.39 is 0 Å². The maximum atomic E-state index is 13.2. The SMILES string of the molecule is Cc1ccc(-c2ccc3ccc(F)cc3n2)cc1C. The van der Waals surface area contributed by atoms with Crippen molar-refractivity contribution in [3.63, 3.8) is 0 Å². The van der Waals surface area contributed by atoms with Crippen LogP contribution in [0.15, 0.2) is 48.5 Å². The van der Waals surface area contributed by atoms with Gasteiger partial charge in [-0.15, -0.1) is 0 Å². The van der Waals surface area contributed by atoms with Gasteiger partial charge in [-0.2, -0.15) is 0 Å². The van der Waals surface area contributed by atoms with E-state index in [1.54, 1.807) is 6.07 Å². The Morgan fingerprint density at radius 2 is 1.63 bits per heavy atom. The quantitative estimate of drug-likeness (QED) is 0.613. The first-order valence-corrected chi connectivity index (χ1v) is 6.27. The van der Waals surface area contributed by atoms with Crippen LogP contribution in [-0.2, 0) is 0 Å². The Balaban J connectivity index is 2.16. The molecule has 0 aliphatic carbocycles. The fourth-order valence-electron chi connectivity index (χ4n) is 2.15. The van der Waals surface area contributed by atoms with Gasteiger partial charge >= 0.3 is 0 Å². The maximum Gasteiger partial charge on any atom is 0.125 e. The lowest BCUT2D eigenvalue weighted by Gasteiger charge is -2.06. The van der Waals surface area contributed by atoms with Gasteiger partial charge < -0.3 is 0 Å². The van der Waals surface area contributed by atoms with Gasteiger partial charge in [0.2, 0.25) is 0 Å². The van der Waals surface area contributed by atoms with Gasteiger partial charge in [0.25, 0.3) is 0 Å². The number of rotatable bonds is 1. The molecule has 0 atom stereocenters. The first-order chi connectivity index (χ1) is 9.13. The number of aromatic nitrogens is 1. The van der Waals surface area contributed by atoms with E-state index in [0.717, 1.165) is 16.6 Å². The van der Waals surface area contributed by atoms with Crippen LogP contribution >= 0.6 is 0 Å². The highest BCUT2D eigenvalue weighted by molar-refractivity contribution is 5.81. The number of fused-ring (bicyclic) bond motifs is 1. The van der Waals surface area contributed by atoms with E-state index in [1.165, 1.54) is 23.3 Å². The van der Waals surface area contributed by atoms with Gasteiger partial charge in [-0.1, -0.05) is 18.2 Å². The molecule has 1 aromatic heterocycles. The Bertz CT molecular complexity index is 762. The molecule has 0 saturated carbocycles. The van der Waals surface area contributed by atoms with Crippen molar-refractivity contribution in [2.75, 3.05) is 0 Å². The normalized spacial score (nSPS) is 10.9. The molecule has 0 aliphatic heterocycles. The molecular formula is C17H14FN. The van der Waals surface area contributed by atoms with Crippen LogP contribution in [0.3, 0.4) is 0 Å². The highest BCUT2D eigenvalue weighted by Gasteiger charge is 2.04. The minimum absolute atomic E-state index is 0.253. The van der Waals surface area contributed by atoms with E-state index in [4.69, 9.17) is 0 Å². The molecule has 0 radical (unpaired) electrons. The van der Waals surface area contributed by atoms with Crippen molar-refractivity contribution < 1.29 is 4.39 Å². The minimum Gasteiger partial charge on any atom is -0.248 e. The number of benzene rings is 2. The van der Waals surface area contributed by atoms with Crippen LogP contribution in [0, 0.1) is 19.7 Å². The molecule has 0 aliphatic rings. The molecule has 2 heteroatoms. The number of hydrogen-bond acceptors (Lipinski definition) is 1. The molecule has 0 spiro atoms. The number of aryl methyl sites for hydroxylation is 2. The summed E-state index contributed by atoms with van der Waals surface area (Å²) in [5.74, 6) is -0.253. The van der Waals surface area contributed by atoms with Crippen LogP contribution in [0.25, 0.3) is 22.2 Å². The summed E-state index contributed by atoms with van der Waals surface area (Å²) in [5.41, 5.74) is 5.13.